The first-order chi connectivity index (χ1) is 14.4. The first-order valence-electron chi connectivity index (χ1n) is 11.0. The largest absolute Gasteiger partial charge is 0.490 e. The van der Waals surface area contributed by atoms with Crippen molar-refractivity contribution in [1.82, 2.24) is 14.8 Å². The minimum absolute atomic E-state index is 0.0300. The Balaban J connectivity index is 1.39. The van der Waals surface area contributed by atoms with Crippen LogP contribution in [0.15, 0.2) is 24.3 Å². The molecular weight excluding hydrogens is 380 g/mol. The van der Waals surface area contributed by atoms with Crippen LogP contribution in [0.3, 0.4) is 0 Å². The van der Waals surface area contributed by atoms with E-state index in [1.807, 2.05) is 24.3 Å². The summed E-state index contributed by atoms with van der Waals surface area (Å²) in [5, 5.41) is 0.975. The predicted octanol–water partition coefficient (Wildman–Crippen LogP) is 2.76. The molecule has 7 heteroatoms. The zero-order valence-corrected chi connectivity index (χ0v) is 17.9. The Hall–Kier alpha value is -2.54. The molecule has 2 aromatic rings. The highest BCUT2D eigenvalue weighted by atomic mass is 16.5. The summed E-state index contributed by atoms with van der Waals surface area (Å²) in [6.07, 6.45) is 3.58. The van der Waals surface area contributed by atoms with Crippen molar-refractivity contribution in [2.75, 3.05) is 26.2 Å². The fourth-order valence-corrected chi connectivity index (χ4v) is 4.54. The number of amides is 2. The van der Waals surface area contributed by atoms with Crippen LogP contribution < -0.4 is 10.5 Å². The standard InChI is InChI=1S/C23H32N4O3/c1-15(2)26-11-7-18(8-12-26)30-19-3-4-20-17(13-19)14-21(25-20)23(29)27-9-5-16(6-10-27)22(24)28/h3-4,13-16,18,25H,5-12H2,1-2H3,(H2,24,28). The van der Waals surface area contributed by atoms with Gasteiger partial charge in [-0.2, -0.15) is 0 Å². The Labute approximate surface area is 177 Å². The van der Waals surface area contributed by atoms with Gasteiger partial charge in [-0.15, -0.1) is 0 Å². The first kappa shape index (κ1) is 20.7. The molecule has 0 atom stereocenters. The number of carbonyl (C=O) groups excluding carboxylic acids is 2. The minimum atomic E-state index is -0.268. The lowest BCUT2D eigenvalue weighted by atomic mass is 9.96. The molecule has 0 aliphatic carbocycles. The van der Waals surface area contributed by atoms with Gasteiger partial charge in [-0.25, -0.2) is 0 Å². The summed E-state index contributed by atoms with van der Waals surface area (Å²) in [5.74, 6) is 0.433. The van der Waals surface area contributed by atoms with E-state index in [2.05, 4.69) is 23.7 Å². The van der Waals surface area contributed by atoms with Crippen LogP contribution in [0, 0.1) is 5.92 Å². The van der Waals surface area contributed by atoms with Crippen LogP contribution in [0.4, 0.5) is 0 Å². The number of hydrogen-bond donors (Lipinski definition) is 2. The first-order valence-corrected chi connectivity index (χ1v) is 11.0. The monoisotopic (exact) mass is 412 g/mol. The summed E-state index contributed by atoms with van der Waals surface area (Å²) in [4.78, 5) is 31.7. The predicted molar refractivity (Wildman–Crippen MR) is 116 cm³/mol. The lowest BCUT2D eigenvalue weighted by Gasteiger charge is -2.34. The fourth-order valence-electron chi connectivity index (χ4n) is 4.54. The SMILES string of the molecule is CC(C)N1CCC(Oc2ccc3[nH]c(C(=O)N4CCC(C(N)=O)CC4)cc3c2)CC1. The molecular formula is C23H32N4O3. The second kappa shape index (κ2) is 8.68. The number of fused-ring (bicyclic) bond motifs is 1. The third-order valence-electron chi connectivity index (χ3n) is 6.52. The van der Waals surface area contributed by atoms with Gasteiger partial charge in [0, 0.05) is 49.0 Å². The third-order valence-corrected chi connectivity index (χ3v) is 6.52. The summed E-state index contributed by atoms with van der Waals surface area (Å²) in [5.41, 5.74) is 6.89. The van der Waals surface area contributed by atoms with E-state index in [4.69, 9.17) is 10.5 Å². The fraction of sp³-hybridized carbons (Fsp3) is 0.565. The quantitative estimate of drug-likeness (QED) is 0.790. The Morgan fingerprint density at radius 1 is 1.07 bits per heavy atom. The van der Waals surface area contributed by atoms with Crippen LogP contribution in [-0.4, -0.2) is 64.9 Å². The molecule has 162 valence electrons. The molecule has 0 saturated carbocycles. The molecule has 2 amide bonds. The van der Waals surface area contributed by atoms with Gasteiger partial charge in [0.05, 0.1) is 0 Å². The van der Waals surface area contributed by atoms with E-state index >= 15 is 0 Å². The van der Waals surface area contributed by atoms with Gasteiger partial charge in [-0.05, 0) is 63.8 Å². The van der Waals surface area contributed by atoms with Crippen molar-refractivity contribution in [3.8, 4) is 5.75 Å². The van der Waals surface area contributed by atoms with E-state index < -0.39 is 0 Å². The lowest BCUT2D eigenvalue weighted by molar-refractivity contribution is -0.123. The number of likely N-dealkylation sites (tertiary alicyclic amines) is 2. The van der Waals surface area contributed by atoms with Gasteiger partial charge in [0.2, 0.25) is 5.91 Å². The number of nitrogens with two attached hydrogens (primary N) is 1. The van der Waals surface area contributed by atoms with Crippen LogP contribution in [0.1, 0.15) is 50.0 Å². The topological polar surface area (TPSA) is 91.7 Å². The van der Waals surface area contributed by atoms with E-state index in [0.717, 1.165) is 42.6 Å². The van der Waals surface area contributed by atoms with Crippen molar-refractivity contribution in [3.05, 3.63) is 30.0 Å². The molecule has 7 nitrogen and oxygen atoms in total. The van der Waals surface area contributed by atoms with Gasteiger partial charge < -0.3 is 25.3 Å². The summed E-state index contributed by atoms with van der Waals surface area (Å²) >= 11 is 0. The van der Waals surface area contributed by atoms with Crippen LogP contribution in [-0.2, 0) is 4.79 Å². The molecule has 1 aromatic heterocycles. The summed E-state index contributed by atoms with van der Waals surface area (Å²) in [6, 6.07) is 8.44. The minimum Gasteiger partial charge on any atom is -0.490 e. The van der Waals surface area contributed by atoms with E-state index in [1.165, 1.54) is 0 Å². The van der Waals surface area contributed by atoms with Crippen molar-refractivity contribution < 1.29 is 14.3 Å². The molecule has 2 saturated heterocycles. The van der Waals surface area contributed by atoms with E-state index in [0.29, 0.717) is 37.7 Å². The molecule has 3 N–H and O–H groups in total. The number of nitrogens with zero attached hydrogens (tertiary/aromatic N) is 2. The molecule has 0 spiro atoms. The van der Waals surface area contributed by atoms with Crippen molar-refractivity contribution >= 4 is 22.7 Å². The second-order valence-corrected chi connectivity index (χ2v) is 8.85. The zero-order valence-electron chi connectivity index (χ0n) is 17.9. The molecule has 2 aliphatic heterocycles. The lowest BCUT2D eigenvalue weighted by Crippen LogP contribution is -2.41. The molecule has 0 radical (unpaired) electrons. The number of benzene rings is 1. The maximum Gasteiger partial charge on any atom is 0.270 e. The van der Waals surface area contributed by atoms with Gasteiger partial charge in [0.15, 0.2) is 0 Å². The highest BCUT2D eigenvalue weighted by molar-refractivity contribution is 5.98. The summed E-state index contributed by atoms with van der Waals surface area (Å²) in [6.45, 7) is 7.73. The van der Waals surface area contributed by atoms with Gasteiger partial charge in [0.25, 0.3) is 5.91 Å². The number of primary amides is 1. The summed E-state index contributed by atoms with van der Waals surface area (Å²) < 4.78 is 6.23. The average Bonchev–Trinajstić information content (AvgIpc) is 3.17. The molecule has 2 aliphatic rings. The van der Waals surface area contributed by atoms with Gasteiger partial charge in [-0.1, -0.05) is 0 Å². The van der Waals surface area contributed by atoms with Gasteiger partial charge >= 0.3 is 0 Å². The number of carbonyl (C=O) groups is 2. The van der Waals surface area contributed by atoms with Gasteiger partial charge in [0.1, 0.15) is 17.5 Å². The molecule has 1 aromatic carbocycles. The number of aromatic nitrogens is 1. The Morgan fingerprint density at radius 3 is 2.40 bits per heavy atom. The number of nitrogens with one attached hydrogen (secondary N) is 1. The number of piperidine rings is 2. The van der Waals surface area contributed by atoms with Crippen molar-refractivity contribution in [2.45, 2.75) is 51.7 Å². The van der Waals surface area contributed by atoms with Crippen LogP contribution in [0.5, 0.6) is 5.75 Å². The van der Waals surface area contributed by atoms with Gasteiger partial charge in [-0.3, -0.25) is 9.59 Å². The molecule has 30 heavy (non-hydrogen) atoms. The molecule has 0 bridgehead atoms. The molecule has 3 heterocycles. The smallest absolute Gasteiger partial charge is 0.270 e. The van der Waals surface area contributed by atoms with Crippen LogP contribution >= 0.6 is 0 Å². The molecule has 4 rings (SSSR count). The second-order valence-electron chi connectivity index (χ2n) is 8.85. The Bertz CT molecular complexity index is 906. The Kier molecular flexibility index (Phi) is 5.99. The number of aromatic amines is 1. The van der Waals surface area contributed by atoms with E-state index in [9.17, 15) is 9.59 Å². The number of ether oxygens (including phenoxy) is 1. The molecule has 2 fully saturated rings. The number of hydrogen-bond acceptors (Lipinski definition) is 4. The highest BCUT2D eigenvalue weighted by Gasteiger charge is 2.27. The van der Waals surface area contributed by atoms with Crippen molar-refractivity contribution in [3.63, 3.8) is 0 Å². The zero-order chi connectivity index (χ0) is 21.3. The third kappa shape index (κ3) is 4.46. The normalized spacial score (nSPS) is 19.5. The maximum atomic E-state index is 12.9. The number of rotatable bonds is 5. The average molecular weight is 413 g/mol. The maximum absolute atomic E-state index is 12.9. The summed E-state index contributed by atoms with van der Waals surface area (Å²) in [7, 11) is 0. The van der Waals surface area contributed by atoms with Crippen LogP contribution in [0.2, 0.25) is 0 Å². The molecule has 0 unspecified atom stereocenters. The van der Waals surface area contributed by atoms with Crippen molar-refractivity contribution in [1.29, 1.82) is 0 Å². The van der Waals surface area contributed by atoms with Crippen molar-refractivity contribution in [2.24, 2.45) is 11.7 Å². The number of H-pyrrole nitrogens is 1. The van der Waals surface area contributed by atoms with E-state index in [-0.39, 0.29) is 23.8 Å². The van der Waals surface area contributed by atoms with Crippen LogP contribution in [0.25, 0.3) is 10.9 Å². The highest BCUT2D eigenvalue weighted by Crippen LogP contribution is 2.26. The van der Waals surface area contributed by atoms with E-state index in [1.54, 1.807) is 4.90 Å². The Morgan fingerprint density at radius 2 is 1.77 bits per heavy atom.